The number of fused-ring (bicyclic) bond motifs is 1. The molecule has 0 aliphatic rings. The number of nitrogens with one attached hydrogen (secondary N) is 2. The highest BCUT2D eigenvalue weighted by atomic mass is 79.9. The lowest BCUT2D eigenvalue weighted by Gasteiger charge is -2.03. The minimum Gasteiger partial charge on any atom is -0.378 e. The number of rotatable bonds is 3. The molecule has 114 valence electrons. The third kappa shape index (κ3) is 2.45. The van der Waals surface area contributed by atoms with Gasteiger partial charge in [0, 0.05) is 24.3 Å². The van der Waals surface area contributed by atoms with Gasteiger partial charge in [-0.3, -0.25) is 13.9 Å². The zero-order valence-electron chi connectivity index (χ0n) is 12.1. The lowest BCUT2D eigenvalue weighted by molar-refractivity contribution is 0.708. The van der Waals surface area contributed by atoms with Gasteiger partial charge in [-0.2, -0.15) is 0 Å². The molecule has 8 heteroatoms. The second kappa shape index (κ2) is 5.45. The zero-order valence-corrected chi connectivity index (χ0v) is 13.6. The molecule has 22 heavy (non-hydrogen) atoms. The molecule has 0 fully saturated rings. The Morgan fingerprint density at radius 1 is 1.18 bits per heavy atom. The lowest BCUT2D eigenvalue weighted by Crippen LogP contribution is -2.36. The first-order valence-electron chi connectivity index (χ1n) is 6.61. The summed E-state index contributed by atoms with van der Waals surface area (Å²) in [5, 5.41) is 3.21. The van der Waals surface area contributed by atoms with Gasteiger partial charge in [0.15, 0.2) is 5.65 Å². The monoisotopic (exact) mass is 363 g/mol. The van der Waals surface area contributed by atoms with E-state index in [1.165, 1.54) is 11.6 Å². The molecule has 0 aliphatic carbocycles. The highest BCUT2D eigenvalue weighted by Crippen LogP contribution is 2.15. The number of halogens is 1. The van der Waals surface area contributed by atoms with Crippen LogP contribution in [0, 0.1) is 0 Å². The molecule has 0 saturated heterocycles. The Bertz CT molecular complexity index is 952. The first-order valence-corrected chi connectivity index (χ1v) is 7.40. The van der Waals surface area contributed by atoms with E-state index in [0.717, 1.165) is 14.7 Å². The van der Waals surface area contributed by atoms with Crippen LogP contribution in [0.15, 0.2) is 38.3 Å². The van der Waals surface area contributed by atoms with Crippen LogP contribution in [0.2, 0.25) is 0 Å². The van der Waals surface area contributed by atoms with Gasteiger partial charge in [-0.1, -0.05) is 15.9 Å². The van der Waals surface area contributed by atoms with Crippen molar-refractivity contribution in [2.45, 2.75) is 6.54 Å². The first kappa shape index (κ1) is 14.6. The van der Waals surface area contributed by atoms with Gasteiger partial charge in [0.25, 0.3) is 5.56 Å². The van der Waals surface area contributed by atoms with Crippen molar-refractivity contribution in [2.24, 2.45) is 14.1 Å². The maximum Gasteiger partial charge on any atom is 0.332 e. The van der Waals surface area contributed by atoms with Gasteiger partial charge < -0.3 is 10.3 Å². The Morgan fingerprint density at radius 3 is 2.55 bits per heavy atom. The van der Waals surface area contributed by atoms with Crippen LogP contribution in [0.4, 0.5) is 5.69 Å². The molecule has 2 N–H and O–H groups in total. The summed E-state index contributed by atoms with van der Waals surface area (Å²) in [6.07, 6.45) is 0. The van der Waals surface area contributed by atoms with E-state index in [0.29, 0.717) is 23.5 Å². The molecule has 0 spiro atoms. The maximum atomic E-state index is 12.1. The topological polar surface area (TPSA) is 84.7 Å². The summed E-state index contributed by atoms with van der Waals surface area (Å²) in [4.78, 5) is 31.3. The summed E-state index contributed by atoms with van der Waals surface area (Å²) < 4.78 is 3.42. The Hall–Kier alpha value is -2.35. The second-order valence-corrected chi connectivity index (χ2v) is 5.86. The van der Waals surface area contributed by atoms with E-state index in [1.54, 1.807) is 7.05 Å². The van der Waals surface area contributed by atoms with Gasteiger partial charge in [-0.25, -0.2) is 9.78 Å². The third-order valence-corrected chi connectivity index (χ3v) is 3.98. The number of anilines is 1. The Balaban J connectivity index is 1.94. The standard InChI is InChI=1S/C14H14BrN5O2/c1-19-12-11(13(21)20(2)14(19)22)17-10(18-12)7-16-9-5-3-8(15)4-6-9/h3-6,16H,7H2,1-2H3,(H,17,18). The predicted octanol–water partition coefficient (Wildman–Crippen LogP) is 1.33. The lowest BCUT2D eigenvalue weighted by atomic mass is 10.3. The zero-order chi connectivity index (χ0) is 15.9. The molecule has 0 amide bonds. The van der Waals surface area contributed by atoms with Crippen LogP contribution in [0.1, 0.15) is 5.82 Å². The number of benzene rings is 1. The smallest absolute Gasteiger partial charge is 0.332 e. The molecule has 2 aromatic heterocycles. The number of H-pyrrole nitrogens is 1. The van der Waals surface area contributed by atoms with E-state index >= 15 is 0 Å². The van der Waals surface area contributed by atoms with E-state index in [4.69, 9.17) is 0 Å². The van der Waals surface area contributed by atoms with E-state index in [-0.39, 0.29) is 5.56 Å². The van der Waals surface area contributed by atoms with Gasteiger partial charge >= 0.3 is 5.69 Å². The number of hydrogen-bond acceptors (Lipinski definition) is 4. The summed E-state index contributed by atoms with van der Waals surface area (Å²) >= 11 is 3.38. The van der Waals surface area contributed by atoms with Gasteiger partial charge in [-0.05, 0) is 24.3 Å². The molecule has 7 nitrogen and oxygen atoms in total. The highest BCUT2D eigenvalue weighted by Gasteiger charge is 2.13. The third-order valence-electron chi connectivity index (χ3n) is 3.45. The Morgan fingerprint density at radius 2 is 1.86 bits per heavy atom. The number of hydrogen-bond donors (Lipinski definition) is 2. The second-order valence-electron chi connectivity index (χ2n) is 4.95. The molecule has 0 bridgehead atoms. The fourth-order valence-electron chi connectivity index (χ4n) is 2.21. The van der Waals surface area contributed by atoms with E-state index in [1.807, 2.05) is 24.3 Å². The van der Waals surface area contributed by atoms with E-state index in [9.17, 15) is 9.59 Å². The summed E-state index contributed by atoms with van der Waals surface area (Å²) in [5.74, 6) is 0.594. The Kier molecular flexibility index (Phi) is 3.61. The average Bonchev–Trinajstić information content (AvgIpc) is 2.95. The van der Waals surface area contributed by atoms with Gasteiger partial charge in [0.05, 0.1) is 6.54 Å². The van der Waals surface area contributed by atoms with Crippen molar-refractivity contribution in [2.75, 3.05) is 5.32 Å². The summed E-state index contributed by atoms with van der Waals surface area (Å²) in [5.41, 5.74) is 0.861. The van der Waals surface area contributed by atoms with Crippen LogP contribution in [-0.2, 0) is 20.6 Å². The van der Waals surface area contributed by atoms with Crippen molar-refractivity contribution in [3.8, 4) is 0 Å². The quantitative estimate of drug-likeness (QED) is 0.735. The molecular weight excluding hydrogens is 350 g/mol. The average molecular weight is 364 g/mol. The molecule has 0 radical (unpaired) electrons. The van der Waals surface area contributed by atoms with Crippen LogP contribution >= 0.6 is 15.9 Å². The molecule has 0 atom stereocenters. The van der Waals surface area contributed by atoms with Crippen LogP contribution in [0.25, 0.3) is 11.2 Å². The van der Waals surface area contributed by atoms with Crippen LogP contribution < -0.4 is 16.6 Å². The molecular formula is C14H14BrN5O2. The minimum absolute atomic E-state index is 0.331. The number of nitrogens with zero attached hydrogens (tertiary/aromatic N) is 3. The summed E-state index contributed by atoms with van der Waals surface area (Å²) in [6, 6.07) is 7.73. The molecule has 3 aromatic rings. The fraction of sp³-hybridized carbons (Fsp3) is 0.214. The van der Waals surface area contributed by atoms with Gasteiger partial charge in [-0.15, -0.1) is 0 Å². The molecule has 3 rings (SSSR count). The normalized spacial score (nSPS) is 11.0. The molecule has 0 aliphatic heterocycles. The van der Waals surface area contributed by atoms with Crippen molar-refractivity contribution < 1.29 is 0 Å². The van der Waals surface area contributed by atoms with Gasteiger partial charge in [0.1, 0.15) is 11.3 Å². The number of aromatic nitrogens is 4. The van der Waals surface area contributed by atoms with E-state index < -0.39 is 5.69 Å². The van der Waals surface area contributed by atoms with Crippen molar-refractivity contribution in [1.82, 2.24) is 19.1 Å². The Labute approximate surface area is 133 Å². The fourth-order valence-corrected chi connectivity index (χ4v) is 2.48. The molecule has 0 saturated carbocycles. The van der Waals surface area contributed by atoms with Crippen LogP contribution in [0.3, 0.4) is 0 Å². The first-order chi connectivity index (χ1) is 10.5. The number of aryl methyl sites for hydroxylation is 1. The molecule has 0 unspecified atom stereocenters. The number of aromatic amines is 1. The molecule has 2 heterocycles. The largest absolute Gasteiger partial charge is 0.378 e. The summed E-state index contributed by atoms with van der Waals surface area (Å²) in [6.45, 7) is 0.424. The maximum absolute atomic E-state index is 12.1. The van der Waals surface area contributed by atoms with Crippen molar-refractivity contribution >= 4 is 32.8 Å². The van der Waals surface area contributed by atoms with E-state index in [2.05, 4.69) is 31.2 Å². The van der Waals surface area contributed by atoms with Crippen molar-refractivity contribution in [3.05, 3.63) is 55.4 Å². The molecule has 1 aromatic carbocycles. The van der Waals surface area contributed by atoms with Crippen LogP contribution in [0.5, 0.6) is 0 Å². The van der Waals surface area contributed by atoms with Crippen molar-refractivity contribution in [1.29, 1.82) is 0 Å². The SMILES string of the molecule is Cn1c(=O)c2[nH]c(CNc3ccc(Br)cc3)nc2n(C)c1=O. The van der Waals surface area contributed by atoms with Crippen LogP contribution in [-0.4, -0.2) is 19.1 Å². The number of imidazole rings is 1. The minimum atomic E-state index is -0.392. The highest BCUT2D eigenvalue weighted by molar-refractivity contribution is 9.10. The summed E-state index contributed by atoms with van der Waals surface area (Å²) in [7, 11) is 3.04. The van der Waals surface area contributed by atoms with Crippen molar-refractivity contribution in [3.63, 3.8) is 0 Å². The van der Waals surface area contributed by atoms with Gasteiger partial charge in [0.2, 0.25) is 0 Å². The predicted molar refractivity (Wildman–Crippen MR) is 88.0 cm³/mol.